The summed E-state index contributed by atoms with van der Waals surface area (Å²) in [5, 5.41) is 8.07. The van der Waals surface area contributed by atoms with Gasteiger partial charge in [0.25, 0.3) is 10.0 Å². The first-order valence-corrected chi connectivity index (χ1v) is 8.40. The fraction of sp³-hybridized carbons (Fsp3) is 0.364. The second kappa shape index (κ2) is 6.68. The average Bonchev–Trinajstić information content (AvgIpc) is 3.09. The van der Waals surface area contributed by atoms with Gasteiger partial charge in [-0.25, -0.2) is 13.4 Å². The Labute approximate surface area is 125 Å². The van der Waals surface area contributed by atoms with Crippen molar-refractivity contribution in [2.75, 3.05) is 11.8 Å². The number of carbonyl (C=O) groups is 1. The number of sulfonamides is 1. The van der Waals surface area contributed by atoms with Crippen LogP contribution in [-0.2, 0) is 26.0 Å². The molecule has 21 heavy (non-hydrogen) atoms. The summed E-state index contributed by atoms with van der Waals surface area (Å²) in [5.74, 6) is -0.272. The van der Waals surface area contributed by atoms with Gasteiger partial charge < -0.3 is 4.74 Å². The van der Waals surface area contributed by atoms with Crippen LogP contribution < -0.4 is 4.72 Å². The van der Waals surface area contributed by atoms with Gasteiger partial charge in [-0.15, -0.1) is 11.3 Å². The first-order chi connectivity index (χ1) is 10.0. The zero-order chi connectivity index (χ0) is 15.3. The molecule has 0 radical (unpaired) electrons. The third-order valence-electron chi connectivity index (χ3n) is 2.60. The summed E-state index contributed by atoms with van der Waals surface area (Å²) in [5.41, 5.74) is 0.730. The molecule has 0 amide bonds. The highest BCUT2D eigenvalue weighted by Gasteiger charge is 2.17. The van der Waals surface area contributed by atoms with Crippen LogP contribution >= 0.6 is 11.3 Å². The smallest absolute Gasteiger partial charge is 0.305 e. The normalized spacial score (nSPS) is 11.3. The maximum Gasteiger partial charge on any atom is 0.305 e. The number of rotatable bonds is 7. The predicted molar refractivity (Wildman–Crippen MR) is 76.5 cm³/mol. The van der Waals surface area contributed by atoms with Gasteiger partial charge in [-0.1, -0.05) is 0 Å². The zero-order valence-corrected chi connectivity index (χ0v) is 12.8. The van der Waals surface area contributed by atoms with Crippen molar-refractivity contribution in [2.45, 2.75) is 24.2 Å². The van der Waals surface area contributed by atoms with Gasteiger partial charge in [0.1, 0.15) is 4.90 Å². The first-order valence-electron chi connectivity index (χ1n) is 6.04. The number of methoxy groups -OCH3 is 1. The Balaban J connectivity index is 1.93. The third kappa shape index (κ3) is 4.26. The molecule has 2 aromatic heterocycles. The molecule has 0 atom stereocenters. The molecule has 0 spiro atoms. The van der Waals surface area contributed by atoms with E-state index >= 15 is 0 Å². The van der Waals surface area contributed by atoms with Crippen LogP contribution in [0.4, 0.5) is 5.13 Å². The minimum Gasteiger partial charge on any atom is -0.469 e. The van der Waals surface area contributed by atoms with Crippen LogP contribution in [0.2, 0.25) is 0 Å². The highest BCUT2D eigenvalue weighted by Crippen LogP contribution is 2.20. The highest BCUT2D eigenvalue weighted by atomic mass is 32.2. The van der Waals surface area contributed by atoms with E-state index in [4.69, 9.17) is 0 Å². The number of nitrogens with one attached hydrogen (secondary N) is 2. The van der Waals surface area contributed by atoms with Crippen molar-refractivity contribution in [1.82, 2.24) is 15.2 Å². The second-order valence-electron chi connectivity index (χ2n) is 4.11. The minimum atomic E-state index is -3.66. The molecular formula is C11H14N4O4S2. The monoisotopic (exact) mass is 330 g/mol. The molecule has 2 heterocycles. The summed E-state index contributed by atoms with van der Waals surface area (Å²) in [6.07, 6.45) is 3.99. The first kappa shape index (κ1) is 15.4. The van der Waals surface area contributed by atoms with Gasteiger partial charge >= 0.3 is 5.97 Å². The van der Waals surface area contributed by atoms with E-state index in [0.29, 0.717) is 19.3 Å². The lowest BCUT2D eigenvalue weighted by atomic mass is 10.2. The van der Waals surface area contributed by atoms with Gasteiger partial charge in [-0.2, -0.15) is 5.10 Å². The number of aromatic amines is 1. The lowest BCUT2D eigenvalue weighted by Gasteiger charge is -2.01. The Kier molecular flexibility index (Phi) is 4.91. The van der Waals surface area contributed by atoms with Crippen LogP contribution in [0.3, 0.4) is 0 Å². The number of carbonyl (C=O) groups excluding carboxylic acids is 1. The largest absolute Gasteiger partial charge is 0.469 e. The second-order valence-corrected chi connectivity index (χ2v) is 6.65. The number of hydrogen-bond donors (Lipinski definition) is 2. The van der Waals surface area contributed by atoms with E-state index in [-0.39, 0.29) is 16.0 Å². The van der Waals surface area contributed by atoms with Crippen molar-refractivity contribution in [3.8, 4) is 0 Å². The summed E-state index contributed by atoms with van der Waals surface area (Å²) >= 11 is 1.19. The van der Waals surface area contributed by atoms with Crippen molar-refractivity contribution >= 4 is 32.5 Å². The number of hydrogen-bond acceptors (Lipinski definition) is 7. The lowest BCUT2D eigenvalue weighted by molar-refractivity contribution is -0.140. The van der Waals surface area contributed by atoms with Gasteiger partial charge in [0.05, 0.1) is 19.0 Å². The van der Waals surface area contributed by atoms with Crippen molar-refractivity contribution in [1.29, 1.82) is 0 Å². The molecule has 0 aromatic carbocycles. The van der Waals surface area contributed by atoms with Crippen LogP contribution in [0, 0.1) is 0 Å². The maximum absolute atomic E-state index is 11.9. The van der Waals surface area contributed by atoms with E-state index in [1.165, 1.54) is 30.8 Å². The number of aromatic nitrogens is 3. The van der Waals surface area contributed by atoms with Crippen LogP contribution in [0.15, 0.2) is 22.7 Å². The van der Waals surface area contributed by atoms with Crippen LogP contribution in [-0.4, -0.2) is 36.7 Å². The SMILES string of the molecule is COC(=O)CCCc1csc(NS(=O)(=O)c2cn[nH]c2)n1. The fourth-order valence-electron chi connectivity index (χ4n) is 1.54. The van der Waals surface area contributed by atoms with Gasteiger partial charge in [0.15, 0.2) is 5.13 Å². The molecular weight excluding hydrogens is 316 g/mol. The average molecular weight is 330 g/mol. The van der Waals surface area contributed by atoms with Crippen molar-refractivity contribution in [2.24, 2.45) is 0 Å². The van der Waals surface area contributed by atoms with E-state index in [2.05, 4.69) is 24.6 Å². The summed E-state index contributed by atoms with van der Waals surface area (Å²) in [7, 11) is -2.32. The Bertz CT molecular complexity index is 694. The molecule has 8 nitrogen and oxygen atoms in total. The summed E-state index contributed by atoms with van der Waals surface area (Å²) in [6, 6.07) is 0. The summed E-state index contributed by atoms with van der Waals surface area (Å²) in [4.78, 5) is 15.2. The molecule has 10 heteroatoms. The van der Waals surface area contributed by atoms with Gasteiger partial charge in [-0.3, -0.25) is 14.6 Å². The Morgan fingerprint density at radius 3 is 3.00 bits per heavy atom. The topological polar surface area (TPSA) is 114 Å². The molecule has 0 aliphatic carbocycles. The van der Waals surface area contributed by atoms with Gasteiger partial charge in [-0.05, 0) is 12.8 Å². The van der Waals surface area contributed by atoms with E-state index in [0.717, 1.165) is 5.69 Å². The number of H-pyrrole nitrogens is 1. The Hall–Kier alpha value is -1.94. The van der Waals surface area contributed by atoms with E-state index in [9.17, 15) is 13.2 Å². The van der Waals surface area contributed by atoms with Crippen LogP contribution in [0.5, 0.6) is 0 Å². The molecule has 0 fully saturated rings. The third-order valence-corrected chi connectivity index (χ3v) is 4.84. The summed E-state index contributed by atoms with van der Waals surface area (Å²) in [6.45, 7) is 0. The molecule has 0 aliphatic heterocycles. The van der Waals surface area contributed by atoms with Crippen molar-refractivity contribution < 1.29 is 17.9 Å². The minimum absolute atomic E-state index is 0.0462. The molecule has 2 N–H and O–H groups in total. The number of anilines is 1. The summed E-state index contributed by atoms with van der Waals surface area (Å²) < 4.78 is 30.8. The highest BCUT2D eigenvalue weighted by molar-refractivity contribution is 7.93. The van der Waals surface area contributed by atoms with E-state index in [1.54, 1.807) is 5.38 Å². The van der Waals surface area contributed by atoms with Crippen LogP contribution in [0.1, 0.15) is 18.5 Å². The zero-order valence-electron chi connectivity index (χ0n) is 11.2. The van der Waals surface area contributed by atoms with Crippen LogP contribution in [0.25, 0.3) is 0 Å². The molecule has 0 saturated carbocycles. The molecule has 0 unspecified atom stereocenters. The molecule has 0 aliphatic rings. The quantitative estimate of drug-likeness (QED) is 0.736. The van der Waals surface area contributed by atoms with Crippen molar-refractivity contribution in [3.63, 3.8) is 0 Å². The molecule has 0 bridgehead atoms. The molecule has 114 valence electrons. The number of esters is 1. The molecule has 0 saturated heterocycles. The van der Waals surface area contributed by atoms with E-state index in [1.807, 2.05) is 0 Å². The Morgan fingerprint density at radius 2 is 2.33 bits per heavy atom. The number of nitrogens with zero attached hydrogens (tertiary/aromatic N) is 2. The lowest BCUT2D eigenvalue weighted by Crippen LogP contribution is -2.12. The Morgan fingerprint density at radius 1 is 1.52 bits per heavy atom. The predicted octanol–water partition coefficient (Wildman–Crippen LogP) is 1.16. The van der Waals surface area contributed by atoms with E-state index < -0.39 is 10.0 Å². The maximum atomic E-state index is 11.9. The van der Waals surface area contributed by atoms with Gasteiger partial charge in [0, 0.05) is 18.0 Å². The standard InChI is InChI=1S/C11H14N4O4S2/c1-19-10(16)4-2-3-8-7-20-11(14-8)15-21(17,18)9-5-12-13-6-9/h5-7H,2-4H2,1H3,(H,12,13)(H,14,15). The number of ether oxygens (including phenoxy) is 1. The molecule has 2 rings (SSSR count). The number of aryl methyl sites for hydroxylation is 1. The fourth-order valence-corrected chi connectivity index (χ4v) is 3.45. The molecule has 2 aromatic rings. The van der Waals surface area contributed by atoms with Crippen molar-refractivity contribution in [3.05, 3.63) is 23.5 Å². The van der Waals surface area contributed by atoms with Gasteiger partial charge in [0.2, 0.25) is 0 Å². The number of thiazole rings is 1.